The van der Waals surface area contributed by atoms with Crippen LogP contribution in [0, 0.1) is 17.8 Å². The molecule has 2 fully saturated rings. The Labute approximate surface area is 143 Å². The van der Waals surface area contributed by atoms with Gasteiger partial charge in [-0.05, 0) is 61.6 Å². The van der Waals surface area contributed by atoms with E-state index < -0.39 is 10.0 Å². The van der Waals surface area contributed by atoms with Crippen LogP contribution in [0.1, 0.15) is 32.1 Å². The summed E-state index contributed by atoms with van der Waals surface area (Å²) >= 11 is 0. The van der Waals surface area contributed by atoms with E-state index in [4.69, 9.17) is 4.74 Å². The van der Waals surface area contributed by atoms with E-state index in [0.717, 1.165) is 18.1 Å². The molecule has 24 heavy (non-hydrogen) atoms. The van der Waals surface area contributed by atoms with Crippen LogP contribution >= 0.6 is 0 Å². The van der Waals surface area contributed by atoms with Gasteiger partial charge in [-0.15, -0.1) is 0 Å². The van der Waals surface area contributed by atoms with Crippen LogP contribution in [-0.2, 0) is 14.8 Å². The molecule has 2 aliphatic carbocycles. The molecule has 1 amide bonds. The maximum absolute atomic E-state index is 12.4. The van der Waals surface area contributed by atoms with Crippen molar-refractivity contribution in [3.8, 4) is 5.75 Å². The Balaban J connectivity index is 1.67. The van der Waals surface area contributed by atoms with Crippen molar-refractivity contribution in [2.24, 2.45) is 17.8 Å². The highest BCUT2D eigenvalue weighted by atomic mass is 32.2. The highest BCUT2D eigenvalue weighted by molar-refractivity contribution is 7.92. The van der Waals surface area contributed by atoms with E-state index >= 15 is 0 Å². The van der Waals surface area contributed by atoms with Gasteiger partial charge in [0.15, 0.2) is 0 Å². The summed E-state index contributed by atoms with van der Waals surface area (Å²) in [5, 5.41) is 2.89. The minimum Gasteiger partial charge on any atom is -0.495 e. The molecule has 7 heteroatoms. The van der Waals surface area contributed by atoms with Gasteiger partial charge in [0.25, 0.3) is 0 Å². The van der Waals surface area contributed by atoms with Crippen molar-refractivity contribution in [3.05, 3.63) is 18.2 Å². The second kappa shape index (κ2) is 6.63. The third kappa shape index (κ3) is 4.63. The Bertz CT molecular complexity index is 712. The molecule has 0 atom stereocenters. The lowest BCUT2D eigenvalue weighted by atomic mass is 9.94. The minimum atomic E-state index is -3.42. The molecule has 1 aromatic rings. The molecule has 0 heterocycles. The Hall–Kier alpha value is -1.76. The number of carbonyl (C=O) groups excluding carboxylic acids is 1. The SMILES string of the molecule is COc1ccc(NC(=O)CC(C2CC2)C2CC2)cc1NS(C)(=O)=O. The zero-order valence-corrected chi connectivity index (χ0v) is 14.9. The molecule has 2 saturated carbocycles. The number of sulfonamides is 1. The first kappa shape index (κ1) is 17.1. The van der Waals surface area contributed by atoms with Gasteiger partial charge >= 0.3 is 0 Å². The predicted molar refractivity (Wildman–Crippen MR) is 93.6 cm³/mol. The Morgan fingerprint density at radius 1 is 1.25 bits per heavy atom. The number of amides is 1. The van der Waals surface area contributed by atoms with Crippen LogP contribution < -0.4 is 14.8 Å². The second-order valence-corrected chi connectivity index (χ2v) is 8.63. The molecule has 3 rings (SSSR count). The van der Waals surface area contributed by atoms with E-state index in [0.29, 0.717) is 29.5 Å². The first-order valence-corrected chi connectivity index (χ1v) is 10.2. The zero-order chi connectivity index (χ0) is 17.3. The fourth-order valence-electron chi connectivity index (χ4n) is 3.26. The fraction of sp³-hybridized carbons (Fsp3) is 0.588. The molecular formula is C17H24N2O4S. The van der Waals surface area contributed by atoms with Gasteiger partial charge in [0.2, 0.25) is 15.9 Å². The number of benzene rings is 1. The normalized spacial score (nSPS) is 17.6. The van der Waals surface area contributed by atoms with Crippen molar-refractivity contribution in [2.75, 3.05) is 23.4 Å². The van der Waals surface area contributed by atoms with Gasteiger partial charge in [0.1, 0.15) is 5.75 Å². The highest BCUT2D eigenvalue weighted by Crippen LogP contribution is 2.50. The van der Waals surface area contributed by atoms with Gasteiger partial charge in [-0.1, -0.05) is 0 Å². The lowest BCUT2D eigenvalue weighted by Crippen LogP contribution is -2.19. The average molecular weight is 352 g/mol. The lowest BCUT2D eigenvalue weighted by Gasteiger charge is -2.16. The van der Waals surface area contributed by atoms with E-state index in [1.807, 2.05) is 0 Å². The number of nitrogens with one attached hydrogen (secondary N) is 2. The van der Waals surface area contributed by atoms with Gasteiger partial charge in [0, 0.05) is 12.1 Å². The molecule has 2 N–H and O–H groups in total. The molecule has 0 unspecified atom stereocenters. The zero-order valence-electron chi connectivity index (χ0n) is 14.0. The molecule has 0 bridgehead atoms. The van der Waals surface area contributed by atoms with E-state index in [2.05, 4.69) is 10.0 Å². The third-order valence-corrected chi connectivity index (χ3v) is 5.25. The highest BCUT2D eigenvalue weighted by Gasteiger charge is 2.42. The third-order valence-electron chi connectivity index (χ3n) is 4.65. The van der Waals surface area contributed by atoms with Gasteiger partial charge in [-0.25, -0.2) is 8.42 Å². The topological polar surface area (TPSA) is 84.5 Å². The number of hydrogen-bond acceptors (Lipinski definition) is 4. The smallest absolute Gasteiger partial charge is 0.229 e. The van der Waals surface area contributed by atoms with E-state index in [9.17, 15) is 13.2 Å². The van der Waals surface area contributed by atoms with Crippen molar-refractivity contribution in [2.45, 2.75) is 32.1 Å². The summed E-state index contributed by atoms with van der Waals surface area (Å²) in [6.07, 6.45) is 6.63. The molecule has 6 nitrogen and oxygen atoms in total. The van der Waals surface area contributed by atoms with Crippen LogP contribution in [-0.4, -0.2) is 27.7 Å². The number of rotatable bonds is 8. The maximum atomic E-state index is 12.4. The van der Waals surface area contributed by atoms with Crippen molar-refractivity contribution in [1.82, 2.24) is 0 Å². The summed E-state index contributed by atoms with van der Waals surface area (Å²) < 4.78 is 30.5. The van der Waals surface area contributed by atoms with Gasteiger partial charge in [0.05, 0.1) is 19.1 Å². The second-order valence-electron chi connectivity index (χ2n) is 6.88. The Morgan fingerprint density at radius 2 is 1.88 bits per heavy atom. The van der Waals surface area contributed by atoms with Gasteiger partial charge in [-0.3, -0.25) is 9.52 Å². The van der Waals surface area contributed by atoms with Gasteiger partial charge in [-0.2, -0.15) is 0 Å². The number of carbonyl (C=O) groups is 1. The van der Waals surface area contributed by atoms with Crippen LogP contribution in [0.15, 0.2) is 18.2 Å². The summed E-state index contributed by atoms with van der Waals surface area (Å²) in [6, 6.07) is 4.94. The summed E-state index contributed by atoms with van der Waals surface area (Å²) in [5.41, 5.74) is 0.885. The first-order valence-electron chi connectivity index (χ1n) is 8.31. The Morgan fingerprint density at radius 3 is 2.38 bits per heavy atom. The standard InChI is InChI=1S/C17H24N2O4S/c1-23-16-8-7-13(9-15(16)19-24(2,21)22)18-17(20)10-14(11-3-4-11)12-5-6-12/h7-9,11-12,14,19H,3-6,10H2,1-2H3,(H,18,20). The molecule has 0 aliphatic heterocycles. The summed E-state index contributed by atoms with van der Waals surface area (Å²) in [7, 11) is -1.95. The van der Waals surface area contributed by atoms with Crippen LogP contribution in [0.25, 0.3) is 0 Å². The first-order chi connectivity index (χ1) is 11.4. The molecule has 0 aromatic heterocycles. The maximum Gasteiger partial charge on any atom is 0.229 e. The monoisotopic (exact) mass is 352 g/mol. The summed E-state index contributed by atoms with van der Waals surface area (Å²) in [5.74, 6) is 2.36. The molecule has 2 aliphatic rings. The van der Waals surface area contributed by atoms with Crippen LogP contribution in [0.4, 0.5) is 11.4 Å². The van der Waals surface area contributed by atoms with E-state index in [1.54, 1.807) is 18.2 Å². The summed E-state index contributed by atoms with van der Waals surface area (Å²) in [6.45, 7) is 0. The summed E-state index contributed by atoms with van der Waals surface area (Å²) in [4.78, 5) is 12.4. The quantitative estimate of drug-likeness (QED) is 0.753. The largest absolute Gasteiger partial charge is 0.495 e. The van der Waals surface area contributed by atoms with Crippen LogP contribution in [0.5, 0.6) is 5.75 Å². The van der Waals surface area contributed by atoms with Crippen molar-refractivity contribution in [3.63, 3.8) is 0 Å². The minimum absolute atomic E-state index is 0.00530. The number of ether oxygens (including phenoxy) is 1. The molecule has 132 valence electrons. The number of anilines is 2. The molecule has 0 spiro atoms. The Kier molecular flexibility index (Phi) is 4.71. The lowest BCUT2D eigenvalue weighted by molar-refractivity contribution is -0.117. The fourth-order valence-corrected chi connectivity index (χ4v) is 3.82. The molecular weight excluding hydrogens is 328 g/mol. The number of hydrogen-bond donors (Lipinski definition) is 2. The predicted octanol–water partition coefficient (Wildman–Crippen LogP) is 2.83. The molecule has 1 aromatic carbocycles. The number of methoxy groups -OCH3 is 1. The van der Waals surface area contributed by atoms with Crippen LogP contribution in [0.3, 0.4) is 0 Å². The van der Waals surface area contributed by atoms with Crippen molar-refractivity contribution < 1.29 is 17.9 Å². The van der Waals surface area contributed by atoms with E-state index in [-0.39, 0.29) is 5.91 Å². The molecule has 0 radical (unpaired) electrons. The van der Waals surface area contributed by atoms with Gasteiger partial charge < -0.3 is 10.1 Å². The van der Waals surface area contributed by atoms with Crippen molar-refractivity contribution >= 4 is 27.3 Å². The average Bonchev–Trinajstić information content (AvgIpc) is 3.37. The van der Waals surface area contributed by atoms with Crippen LogP contribution in [0.2, 0.25) is 0 Å². The molecule has 0 saturated heterocycles. The van der Waals surface area contributed by atoms with E-state index in [1.165, 1.54) is 32.8 Å². The van der Waals surface area contributed by atoms with Crippen molar-refractivity contribution in [1.29, 1.82) is 0 Å².